The van der Waals surface area contributed by atoms with E-state index >= 15 is 0 Å². The maximum atomic E-state index is 4.70. The molecular formula is C13H14BrN3O. The Morgan fingerprint density at radius 2 is 2.28 bits per heavy atom. The third-order valence-corrected chi connectivity index (χ3v) is 3.91. The molecule has 1 heterocycles. The maximum absolute atomic E-state index is 4.70. The molecule has 1 aromatic heterocycles. The highest BCUT2D eigenvalue weighted by Gasteiger charge is 2.29. The summed E-state index contributed by atoms with van der Waals surface area (Å²) in [6.45, 7) is 0.687. The van der Waals surface area contributed by atoms with Gasteiger partial charge in [0.1, 0.15) is 0 Å². The lowest BCUT2D eigenvalue weighted by Gasteiger charge is -2.36. The molecule has 0 radical (unpaired) electrons. The third kappa shape index (κ3) is 2.62. The zero-order valence-corrected chi connectivity index (χ0v) is 11.4. The summed E-state index contributed by atoms with van der Waals surface area (Å²) in [6, 6.07) is 9.13. The first-order valence-electron chi connectivity index (χ1n) is 6.05. The molecule has 4 nitrogen and oxygen atoms in total. The quantitative estimate of drug-likeness (QED) is 0.943. The van der Waals surface area contributed by atoms with Gasteiger partial charge in [0.15, 0.2) is 5.82 Å². The van der Waals surface area contributed by atoms with E-state index in [0.717, 1.165) is 10.3 Å². The van der Waals surface area contributed by atoms with Crippen LogP contribution in [0.5, 0.6) is 0 Å². The minimum Gasteiger partial charge on any atom is -0.343 e. The van der Waals surface area contributed by atoms with E-state index in [0.29, 0.717) is 18.5 Å². The first-order chi connectivity index (χ1) is 8.81. The lowest BCUT2D eigenvalue weighted by molar-refractivity contribution is 0.285. The predicted molar refractivity (Wildman–Crippen MR) is 71.0 cm³/mol. The van der Waals surface area contributed by atoms with Gasteiger partial charge in [0.2, 0.25) is 6.39 Å². The number of benzene rings is 1. The van der Waals surface area contributed by atoms with Crippen molar-refractivity contribution in [2.75, 3.05) is 0 Å². The number of nitrogens with one attached hydrogen (secondary N) is 1. The molecule has 0 amide bonds. The normalized spacial score (nSPS) is 22.7. The van der Waals surface area contributed by atoms with E-state index in [1.54, 1.807) is 0 Å². The smallest absolute Gasteiger partial charge is 0.213 e. The van der Waals surface area contributed by atoms with Crippen molar-refractivity contribution in [3.8, 4) is 0 Å². The first-order valence-corrected chi connectivity index (χ1v) is 6.84. The molecule has 0 spiro atoms. The average Bonchev–Trinajstić information content (AvgIpc) is 2.80. The Hall–Kier alpha value is -1.20. The van der Waals surface area contributed by atoms with Gasteiger partial charge in [0.05, 0.1) is 6.54 Å². The predicted octanol–water partition coefficient (Wildman–Crippen LogP) is 2.87. The van der Waals surface area contributed by atoms with Crippen molar-refractivity contribution in [1.82, 2.24) is 15.5 Å². The van der Waals surface area contributed by atoms with Crippen LogP contribution in [0.4, 0.5) is 0 Å². The van der Waals surface area contributed by atoms with Crippen molar-refractivity contribution < 1.29 is 4.52 Å². The van der Waals surface area contributed by atoms with Gasteiger partial charge in [0, 0.05) is 10.5 Å². The molecule has 1 N–H and O–H groups in total. The van der Waals surface area contributed by atoms with Gasteiger partial charge in [-0.25, -0.2) is 0 Å². The van der Waals surface area contributed by atoms with Crippen LogP contribution in [0, 0.1) is 0 Å². The SMILES string of the molecule is Brc1cccc(C2CC(NCc3ncon3)C2)c1. The second-order valence-corrected chi connectivity index (χ2v) is 5.56. The molecule has 0 atom stereocenters. The van der Waals surface area contributed by atoms with E-state index in [1.807, 2.05) is 0 Å². The molecule has 1 fully saturated rings. The molecule has 0 bridgehead atoms. The Balaban J connectivity index is 1.48. The van der Waals surface area contributed by atoms with Crippen LogP contribution in [0.15, 0.2) is 39.7 Å². The third-order valence-electron chi connectivity index (χ3n) is 3.41. The fraction of sp³-hybridized carbons (Fsp3) is 0.385. The Morgan fingerprint density at radius 3 is 3.00 bits per heavy atom. The monoisotopic (exact) mass is 307 g/mol. The van der Waals surface area contributed by atoms with Crippen molar-refractivity contribution in [3.05, 3.63) is 46.5 Å². The van der Waals surface area contributed by atoms with Crippen molar-refractivity contribution in [2.45, 2.75) is 31.3 Å². The zero-order chi connectivity index (χ0) is 12.4. The van der Waals surface area contributed by atoms with Crippen LogP contribution in [0.3, 0.4) is 0 Å². The van der Waals surface area contributed by atoms with Crippen LogP contribution in [0.1, 0.15) is 30.1 Å². The molecule has 2 aromatic rings. The fourth-order valence-electron chi connectivity index (χ4n) is 2.32. The van der Waals surface area contributed by atoms with E-state index in [9.17, 15) is 0 Å². The summed E-state index contributed by atoms with van der Waals surface area (Å²) < 4.78 is 5.85. The second kappa shape index (κ2) is 5.20. The van der Waals surface area contributed by atoms with Crippen LogP contribution in [0.25, 0.3) is 0 Å². The van der Waals surface area contributed by atoms with Gasteiger partial charge >= 0.3 is 0 Å². The van der Waals surface area contributed by atoms with E-state index in [1.165, 1.54) is 24.8 Å². The topological polar surface area (TPSA) is 51.0 Å². The fourth-order valence-corrected chi connectivity index (χ4v) is 2.74. The van der Waals surface area contributed by atoms with Crippen LogP contribution in [-0.2, 0) is 6.54 Å². The van der Waals surface area contributed by atoms with E-state index < -0.39 is 0 Å². The summed E-state index contributed by atoms with van der Waals surface area (Å²) in [5.41, 5.74) is 1.42. The first kappa shape index (κ1) is 11.9. The standard InChI is InChI=1S/C13H14BrN3O/c14-11-3-1-2-9(4-11)10-5-12(6-10)15-7-13-16-8-18-17-13/h1-4,8,10,12,15H,5-7H2. The summed E-state index contributed by atoms with van der Waals surface area (Å²) in [5.74, 6) is 1.39. The van der Waals surface area contributed by atoms with Crippen molar-refractivity contribution >= 4 is 15.9 Å². The molecule has 1 aliphatic carbocycles. The lowest BCUT2D eigenvalue weighted by Crippen LogP contribution is -2.39. The molecule has 1 aliphatic rings. The molecular weight excluding hydrogens is 294 g/mol. The van der Waals surface area contributed by atoms with Gasteiger partial charge in [-0.1, -0.05) is 33.2 Å². The molecule has 5 heteroatoms. The summed E-state index contributed by atoms with van der Waals surface area (Å²) in [5, 5.41) is 7.22. The second-order valence-electron chi connectivity index (χ2n) is 4.65. The largest absolute Gasteiger partial charge is 0.343 e. The van der Waals surface area contributed by atoms with E-state index in [-0.39, 0.29) is 0 Å². The van der Waals surface area contributed by atoms with Crippen LogP contribution in [0.2, 0.25) is 0 Å². The number of hydrogen-bond donors (Lipinski definition) is 1. The highest BCUT2D eigenvalue weighted by Crippen LogP contribution is 2.37. The molecule has 18 heavy (non-hydrogen) atoms. The number of rotatable bonds is 4. The Labute approximate surface area is 114 Å². The van der Waals surface area contributed by atoms with Crippen LogP contribution in [-0.4, -0.2) is 16.2 Å². The van der Waals surface area contributed by atoms with Crippen LogP contribution < -0.4 is 5.32 Å². The molecule has 1 aromatic carbocycles. The summed E-state index contributed by atoms with van der Waals surface area (Å²) in [4.78, 5) is 3.99. The van der Waals surface area contributed by atoms with Gasteiger partial charge in [-0.3, -0.25) is 0 Å². The van der Waals surface area contributed by atoms with Gasteiger partial charge in [0.25, 0.3) is 0 Å². The zero-order valence-electron chi connectivity index (χ0n) is 9.84. The number of halogens is 1. The summed E-state index contributed by atoms with van der Waals surface area (Å²) in [6.07, 6.45) is 3.71. The number of hydrogen-bond acceptors (Lipinski definition) is 4. The average molecular weight is 308 g/mol. The number of aromatic nitrogens is 2. The van der Waals surface area contributed by atoms with Crippen molar-refractivity contribution in [1.29, 1.82) is 0 Å². The Morgan fingerprint density at radius 1 is 1.39 bits per heavy atom. The van der Waals surface area contributed by atoms with Gasteiger partial charge in [-0.2, -0.15) is 4.98 Å². The molecule has 1 saturated carbocycles. The molecule has 0 unspecified atom stereocenters. The van der Waals surface area contributed by atoms with E-state index in [2.05, 4.69) is 55.7 Å². The molecule has 0 saturated heterocycles. The summed E-state index contributed by atoms with van der Waals surface area (Å²) >= 11 is 3.51. The summed E-state index contributed by atoms with van der Waals surface area (Å²) in [7, 11) is 0. The number of nitrogens with zero attached hydrogens (tertiary/aromatic N) is 2. The van der Waals surface area contributed by atoms with E-state index in [4.69, 9.17) is 4.52 Å². The Kier molecular flexibility index (Phi) is 3.43. The van der Waals surface area contributed by atoms with Gasteiger partial charge in [-0.05, 0) is 36.5 Å². The Bertz CT molecular complexity index is 509. The molecule has 94 valence electrons. The maximum Gasteiger partial charge on any atom is 0.213 e. The van der Waals surface area contributed by atoms with Gasteiger partial charge < -0.3 is 9.84 Å². The molecule has 0 aliphatic heterocycles. The minimum absolute atomic E-state index is 0.562. The highest BCUT2D eigenvalue weighted by molar-refractivity contribution is 9.10. The van der Waals surface area contributed by atoms with Crippen LogP contribution >= 0.6 is 15.9 Å². The minimum atomic E-state index is 0.562. The van der Waals surface area contributed by atoms with Gasteiger partial charge in [-0.15, -0.1) is 0 Å². The van der Waals surface area contributed by atoms with Crippen molar-refractivity contribution in [2.24, 2.45) is 0 Å². The highest BCUT2D eigenvalue weighted by atomic mass is 79.9. The lowest BCUT2D eigenvalue weighted by atomic mass is 9.76. The van der Waals surface area contributed by atoms with Crippen molar-refractivity contribution in [3.63, 3.8) is 0 Å². The molecule has 3 rings (SSSR count).